The molecule has 1 fully saturated rings. The number of amides is 1. The van der Waals surface area contributed by atoms with Crippen LogP contribution in [0.1, 0.15) is 31.4 Å². The molecular formula is C20H22ClFN2O3S. The molecule has 0 unspecified atom stereocenters. The molecule has 8 heteroatoms. The first kappa shape index (κ1) is 20.8. The van der Waals surface area contributed by atoms with Crippen molar-refractivity contribution in [3.8, 4) is 0 Å². The molecule has 0 saturated carbocycles. The van der Waals surface area contributed by atoms with Gasteiger partial charge in [-0.1, -0.05) is 23.7 Å². The highest BCUT2D eigenvalue weighted by Crippen LogP contribution is 2.25. The van der Waals surface area contributed by atoms with Gasteiger partial charge in [-0.15, -0.1) is 0 Å². The Bertz CT molecular complexity index is 933. The second-order valence-corrected chi connectivity index (χ2v) is 9.31. The van der Waals surface area contributed by atoms with Crippen molar-refractivity contribution in [2.75, 3.05) is 13.1 Å². The zero-order chi connectivity index (χ0) is 20.3. The van der Waals surface area contributed by atoms with Crippen molar-refractivity contribution < 1.29 is 17.6 Å². The minimum absolute atomic E-state index is 0.0319. The van der Waals surface area contributed by atoms with Crippen molar-refractivity contribution in [1.29, 1.82) is 0 Å². The number of carbonyl (C=O) groups excluding carboxylic acids is 1. The Morgan fingerprint density at radius 1 is 1.18 bits per heavy atom. The number of nitrogens with zero attached hydrogens (tertiary/aromatic N) is 1. The van der Waals surface area contributed by atoms with Crippen LogP contribution in [0, 0.1) is 11.7 Å². The van der Waals surface area contributed by atoms with Gasteiger partial charge < -0.3 is 5.32 Å². The SMILES string of the molecule is C[C@@H](NC(=O)[C@@H]1CCCN(S(=O)(=O)c2ccc(F)cc2)C1)c1ccc(Cl)cc1. The molecule has 2 aromatic carbocycles. The zero-order valence-corrected chi connectivity index (χ0v) is 17.0. The van der Waals surface area contributed by atoms with E-state index in [0.717, 1.165) is 17.7 Å². The first-order chi connectivity index (χ1) is 13.3. The molecule has 2 atom stereocenters. The second kappa shape index (κ2) is 8.59. The van der Waals surface area contributed by atoms with Crippen LogP contribution >= 0.6 is 11.6 Å². The van der Waals surface area contributed by atoms with Crippen molar-refractivity contribution in [3.63, 3.8) is 0 Å². The molecule has 0 radical (unpaired) electrons. The number of sulfonamides is 1. The third kappa shape index (κ3) is 4.71. The average molecular weight is 425 g/mol. The van der Waals surface area contributed by atoms with Gasteiger partial charge in [0.2, 0.25) is 15.9 Å². The molecule has 150 valence electrons. The summed E-state index contributed by atoms with van der Waals surface area (Å²) in [6.45, 7) is 2.33. The van der Waals surface area contributed by atoms with Crippen molar-refractivity contribution in [2.45, 2.75) is 30.7 Å². The van der Waals surface area contributed by atoms with E-state index < -0.39 is 21.8 Å². The van der Waals surface area contributed by atoms with E-state index >= 15 is 0 Å². The Morgan fingerprint density at radius 2 is 1.82 bits per heavy atom. The van der Waals surface area contributed by atoms with Crippen molar-refractivity contribution in [2.24, 2.45) is 5.92 Å². The van der Waals surface area contributed by atoms with Gasteiger partial charge in [-0.2, -0.15) is 4.31 Å². The van der Waals surface area contributed by atoms with Crippen LogP contribution in [0.3, 0.4) is 0 Å². The highest BCUT2D eigenvalue weighted by Gasteiger charge is 2.33. The van der Waals surface area contributed by atoms with Crippen LogP contribution in [0.4, 0.5) is 4.39 Å². The molecular weight excluding hydrogens is 403 g/mol. The number of rotatable bonds is 5. The summed E-state index contributed by atoms with van der Waals surface area (Å²) >= 11 is 5.89. The van der Waals surface area contributed by atoms with Gasteiger partial charge in [0.15, 0.2) is 0 Å². The quantitative estimate of drug-likeness (QED) is 0.794. The molecule has 2 aromatic rings. The maximum Gasteiger partial charge on any atom is 0.243 e. The maximum atomic E-state index is 13.1. The Hall–Kier alpha value is -1.96. The van der Waals surface area contributed by atoms with E-state index in [2.05, 4.69) is 5.32 Å². The Kier molecular flexibility index (Phi) is 6.37. The standard InChI is InChI=1S/C20H22ClFN2O3S/c1-14(15-4-6-17(21)7-5-15)23-20(25)16-3-2-12-24(13-16)28(26,27)19-10-8-18(22)9-11-19/h4-11,14,16H,2-3,12-13H2,1H3,(H,23,25)/t14-,16-/m1/s1. The van der Waals surface area contributed by atoms with Crippen molar-refractivity contribution in [3.05, 3.63) is 64.9 Å². The van der Waals surface area contributed by atoms with Gasteiger partial charge in [-0.3, -0.25) is 4.79 Å². The molecule has 0 spiro atoms. The van der Waals surface area contributed by atoms with Crippen LogP contribution < -0.4 is 5.32 Å². The molecule has 1 heterocycles. The second-order valence-electron chi connectivity index (χ2n) is 6.94. The summed E-state index contributed by atoms with van der Waals surface area (Å²) in [5, 5.41) is 3.57. The molecule has 0 aromatic heterocycles. The first-order valence-corrected chi connectivity index (χ1v) is 10.9. The summed E-state index contributed by atoms with van der Waals surface area (Å²) in [6, 6.07) is 11.7. The molecule has 1 N–H and O–H groups in total. The first-order valence-electron chi connectivity index (χ1n) is 9.09. The Morgan fingerprint density at radius 3 is 2.46 bits per heavy atom. The Labute approximate surface area is 169 Å². The number of hydrogen-bond donors (Lipinski definition) is 1. The van der Waals surface area contributed by atoms with E-state index in [0.29, 0.717) is 24.4 Å². The van der Waals surface area contributed by atoms with Crippen LogP contribution in [0.15, 0.2) is 53.4 Å². The van der Waals surface area contributed by atoms with Crippen LogP contribution in [-0.2, 0) is 14.8 Å². The third-order valence-corrected chi connectivity index (χ3v) is 7.07. The van der Waals surface area contributed by atoms with Crippen molar-refractivity contribution in [1.82, 2.24) is 9.62 Å². The van der Waals surface area contributed by atoms with Gasteiger partial charge in [-0.05, 0) is 61.7 Å². The van der Waals surface area contributed by atoms with E-state index in [4.69, 9.17) is 11.6 Å². The predicted octanol–water partition coefficient (Wildman–Crippen LogP) is 3.76. The third-order valence-electron chi connectivity index (χ3n) is 4.94. The molecule has 1 amide bonds. The lowest BCUT2D eigenvalue weighted by Crippen LogP contribution is -2.45. The molecule has 5 nitrogen and oxygen atoms in total. The number of nitrogens with one attached hydrogen (secondary N) is 1. The van der Waals surface area contributed by atoms with Crippen LogP contribution in [0.2, 0.25) is 5.02 Å². The van der Waals surface area contributed by atoms with Crippen LogP contribution in [0.25, 0.3) is 0 Å². The molecule has 28 heavy (non-hydrogen) atoms. The average Bonchev–Trinajstić information content (AvgIpc) is 2.69. The fourth-order valence-corrected chi connectivity index (χ4v) is 4.95. The largest absolute Gasteiger partial charge is 0.349 e. The lowest BCUT2D eigenvalue weighted by molar-refractivity contribution is -0.126. The summed E-state index contributed by atoms with van der Waals surface area (Å²) in [6.07, 6.45) is 1.21. The highest BCUT2D eigenvalue weighted by atomic mass is 35.5. The number of carbonyl (C=O) groups is 1. The molecule has 1 aliphatic rings. The maximum absolute atomic E-state index is 13.1. The highest BCUT2D eigenvalue weighted by molar-refractivity contribution is 7.89. The number of piperidine rings is 1. The smallest absolute Gasteiger partial charge is 0.243 e. The normalized spacial score (nSPS) is 19.2. The van der Waals surface area contributed by atoms with E-state index in [1.807, 2.05) is 19.1 Å². The monoisotopic (exact) mass is 424 g/mol. The number of hydrogen-bond acceptors (Lipinski definition) is 3. The molecule has 3 rings (SSSR count). The van der Waals surface area contributed by atoms with Gasteiger partial charge >= 0.3 is 0 Å². The van der Waals surface area contributed by atoms with Crippen LogP contribution in [-0.4, -0.2) is 31.7 Å². The number of halogens is 2. The van der Waals surface area contributed by atoms with Gasteiger partial charge in [-0.25, -0.2) is 12.8 Å². The molecule has 0 bridgehead atoms. The topological polar surface area (TPSA) is 66.5 Å². The van der Waals surface area contributed by atoms with Gasteiger partial charge in [0.25, 0.3) is 0 Å². The molecule has 1 aliphatic heterocycles. The zero-order valence-electron chi connectivity index (χ0n) is 15.4. The summed E-state index contributed by atoms with van der Waals surface area (Å²) in [4.78, 5) is 12.7. The summed E-state index contributed by atoms with van der Waals surface area (Å²) in [7, 11) is -3.76. The molecule has 0 aliphatic carbocycles. The van der Waals surface area contributed by atoms with Gasteiger partial charge in [0.1, 0.15) is 5.82 Å². The van der Waals surface area contributed by atoms with E-state index in [9.17, 15) is 17.6 Å². The van der Waals surface area contributed by atoms with E-state index in [1.54, 1.807) is 12.1 Å². The summed E-state index contributed by atoms with van der Waals surface area (Å²) in [5.41, 5.74) is 0.921. The number of benzene rings is 2. The van der Waals surface area contributed by atoms with E-state index in [-0.39, 0.29) is 23.4 Å². The van der Waals surface area contributed by atoms with Crippen LogP contribution in [0.5, 0.6) is 0 Å². The summed E-state index contributed by atoms with van der Waals surface area (Å²) in [5.74, 6) is -1.11. The van der Waals surface area contributed by atoms with Gasteiger partial charge in [0, 0.05) is 18.1 Å². The van der Waals surface area contributed by atoms with Gasteiger partial charge in [0.05, 0.1) is 16.9 Å². The fourth-order valence-electron chi connectivity index (χ4n) is 3.30. The predicted molar refractivity (Wildman–Crippen MR) is 106 cm³/mol. The minimum Gasteiger partial charge on any atom is -0.349 e. The molecule has 1 saturated heterocycles. The lowest BCUT2D eigenvalue weighted by Gasteiger charge is -2.32. The summed E-state index contributed by atoms with van der Waals surface area (Å²) < 4.78 is 40.0. The van der Waals surface area contributed by atoms with Crippen molar-refractivity contribution >= 4 is 27.5 Å². The lowest BCUT2D eigenvalue weighted by atomic mass is 9.98. The Balaban J connectivity index is 1.67. The fraction of sp³-hybridized carbons (Fsp3) is 0.350. The minimum atomic E-state index is -3.76. The van der Waals surface area contributed by atoms with E-state index in [1.165, 1.54) is 16.4 Å².